The summed E-state index contributed by atoms with van der Waals surface area (Å²) in [7, 11) is 0. The van der Waals surface area contributed by atoms with E-state index in [2.05, 4.69) is 0 Å². The van der Waals surface area contributed by atoms with Gasteiger partial charge in [0.2, 0.25) is 0 Å². The van der Waals surface area contributed by atoms with Crippen LogP contribution in [0.4, 0.5) is 9.28 Å². The monoisotopic (exact) mass is 217 g/mol. The zero-order valence-corrected chi connectivity index (χ0v) is 9.92. The summed E-state index contributed by atoms with van der Waals surface area (Å²) < 4.78 is 18.6. The molecule has 2 atom stereocenters. The van der Waals surface area contributed by atoms with Crippen LogP contribution in [0.1, 0.15) is 47.0 Å². The first-order valence-electron chi connectivity index (χ1n) is 5.49. The Morgan fingerprint density at radius 1 is 1.40 bits per heavy atom. The molecule has 3 nitrogen and oxygen atoms in total. The first-order chi connectivity index (χ1) is 6.81. The maximum atomic E-state index is 13.6. The lowest BCUT2D eigenvalue weighted by Crippen LogP contribution is -2.39. The fourth-order valence-corrected chi connectivity index (χ4v) is 1.90. The molecule has 0 aromatic carbocycles. The van der Waals surface area contributed by atoms with Gasteiger partial charge >= 0.3 is 6.09 Å². The molecule has 1 aliphatic carbocycles. The van der Waals surface area contributed by atoms with Crippen molar-refractivity contribution in [3.05, 3.63) is 0 Å². The topological polar surface area (TPSA) is 29.5 Å². The second kappa shape index (κ2) is 4.37. The van der Waals surface area contributed by atoms with Crippen molar-refractivity contribution >= 4 is 6.09 Å². The van der Waals surface area contributed by atoms with Gasteiger partial charge in [-0.3, -0.25) is 0 Å². The van der Waals surface area contributed by atoms with Gasteiger partial charge in [0.05, 0.1) is 6.04 Å². The van der Waals surface area contributed by atoms with Crippen molar-refractivity contribution in [2.75, 3.05) is 0 Å². The van der Waals surface area contributed by atoms with Gasteiger partial charge in [0.25, 0.3) is 0 Å². The highest BCUT2D eigenvalue weighted by atomic mass is 19.2. The number of carbonyl (C=O) groups excluding carboxylic acids is 1. The molecule has 0 heterocycles. The summed E-state index contributed by atoms with van der Waals surface area (Å²) >= 11 is 0. The molecule has 1 fully saturated rings. The van der Waals surface area contributed by atoms with Gasteiger partial charge in [0.15, 0.2) is 0 Å². The number of hydrogen-bond acceptors (Lipinski definition) is 2. The third-order valence-electron chi connectivity index (χ3n) is 2.68. The zero-order valence-electron chi connectivity index (χ0n) is 9.92. The van der Waals surface area contributed by atoms with Gasteiger partial charge in [-0.15, -0.1) is 5.12 Å². The highest BCUT2D eigenvalue weighted by molar-refractivity contribution is 5.67. The number of hydrogen-bond donors (Lipinski definition) is 0. The van der Waals surface area contributed by atoms with Crippen LogP contribution >= 0.6 is 0 Å². The van der Waals surface area contributed by atoms with Crippen LogP contribution in [0.5, 0.6) is 0 Å². The van der Waals surface area contributed by atoms with E-state index >= 15 is 0 Å². The molecule has 15 heavy (non-hydrogen) atoms. The summed E-state index contributed by atoms with van der Waals surface area (Å²) in [6.45, 7) is 7.17. The van der Waals surface area contributed by atoms with E-state index in [1.54, 1.807) is 20.8 Å². The highest BCUT2D eigenvalue weighted by Gasteiger charge is 2.35. The zero-order chi connectivity index (χ0) is 11.6. The van der Waals surface area contributed by atoms with Gasteiger partial charge in [0.1, 0.15) is 5.60 Å². The van der Waals surface area contributed by atoms with Crippen molar-refractivity contribution in [3.63, 3.8) is 0 Å². The third-order valence-corrected chi connectivity index (χ3v) is 2.68. The minimum Gasteiger partial charge on any atom is -0.442 e. The molecular formula is C11H20FNO2. The molecule has 1 saturated carbocycles. The average Bonchev–Trinajstić information content (AvgIpc) is 2.47. The minimum absolute atomic E-state index is 0.225. The van der Waals surface area contributed by atoms with E-state index < -0.39 is 11.7 Å². The van der Waals surface area contributed by atoms with Gasteiger partial charge in [-0.2, -0.15) is 0 Å². The molecule has 0 aromatic rings. The summed E-state index contributed by atoms with van der Waals surface area (Å²) in [6, 6.07) is -0.306. The Balaban J connectivity index is 2.52. The third kappa shape index (κ3) is 3.36. The molecule has 0 bridgehead atoms. The fourth-order valence-electron chi connectivity index (χ4n) is 1.90. The largest absolute Gasteiger partial charge is 0.442 e. The van der Waals surface area contributed by atoms with Crippen LogP contribution < -0.4 is 0 Å². The molecule has 0 aliphatic heterocycles. The lowest BCUT2D eigenvalue weighted by atomic mass is 10.1. The molecule has 1 amide bonds. The number of ether oxygens (including phenoxy) is 1. The number of carbonyl (C=O) groups is 1. The first-order valence-corrected chi connectivity index (χ1v) is 5.49. The van der Waals surface area contributed by atoms with Crippen LogP contribution in [0.25, 0.3) is 0 Å². The number of amides is 1. The van der Waals surface area contributed by atoms with Crippen LogP contribution in [0, 0.1) is 5.92 Å². The van der Waals surface area contributed by atoms with Crippen LogP contribution in [0.3, 0.4) is 0 Å². The van der Waals surface area contributed by atoms with Crippen molar-refractivity contribution in [2.45, 2.75) is 58.6 Å². The maximum absolute atomic E-state index is 13.6. The molecule has 2 unspecified atom stereocenters. The normalized spacial score (nSPS) is 26.5. The Bertz CT molecular complexity index is 237. The van der Waals surface area contributed by atoms with Crippen molar-refractivity contribution in [2.24, 2.45) is 5.92 Å². The van der Waals surface area contributed by atoms with Gasteiger partial charge < -0.3 is 4.74 Å². The minimum atomic E-state index is -0.860. The van der Waals surface area contributed by atoms with Crippen molar-refractivity contribution in [1.82, 2.24) is 5.12 Å². The van der Waals surface area contributed by atoms with E-state index in [0.717, 1.165) is 19.3 Å². The second-order valence-corrected chi connectivity index (χ2v) is 5.27. The molecule has 88 valence electrons. The van der Waals surface area contributed by atoms with Gasteiger partial charge in [-0.05, 0) is 39.5 Å². The van der Waals surface area contributed by atoms with Gasteiger partial charge in [0, 0.05) is 0 Å². The molecule has 1 rings (SSSR count). The van der Waals surface area contributed by atoms with E-state index in [1.165, 1.54) is 0 Å². The van der Waals surface area contributed by atoms with E-state index in [9.17, 15) is 9.28 Å². The predicted octanol–water partition coefficient (Wildman–Crippen LogP) is 3.30. The fraction of sp³-hybridized carbons (Fsp3) is 0.909. The molecular weight excluding hydrogens is 197 g/mol. The maximum Gasteiger partial charge on any atom is 0.438 e. The van der Waals surface area contributed by atoms with E-state index in [0.29, 0.717) is 0 Å². The van der Waals surface area contributed by atoms with Gasteiger partial charge in [-0.25, -0.2) is 4.79 Å². The molecule has 0 saturated heterocycles. The quantitative estimate of drug-likeness (QED) is 0.631. The van der Waals surface area contributed by atoms with Gasteiger partial charge in [-0.1, -0.05) is 17.8 Å². The smallest absolute Gasteiger partial charge is 0.438 e. The summed E-state index contributed by atoms with van der Waals surface area (Å²) in [5.74, 6) is 0.225. The van der Waals surface area contributed by atoms with Crippen LogP contribution in [-0.4, -0.2) is 22.9 Å². The predicted molar refractivity (Wildman–Crippen MR) is 56.0 cm³/mol. The van der Waals surface area contributed by atoms with E-state index in [-0.39, 0.29) is 17.1 Å². The van der Waals surface area contributed by atoms with Crippen molar-refractivity contribution in [3.8, 4) is 0 Å². The second-order valence-electron chi connectivity index (χ2n) is 5.27. The van der Waals surface area contributed by atoms with Crippen molar-refractivity contribution < 1.29 is 14.0 Å². The van der Waals surface area contributed by atoms with Crippen molar-refractivity contribution in [1.29, 1.82) is 0 Å². The highest BCUT2D eigenvalue weighted by Crippen LogP contribution is 2.30. The average molecular weight is 217 g/mol. The van der Waals surface area contributed by atoms with E-state index in [4.69, 9.17) is 4.74 Å². The molecule has 0 N–H and O–H groups in total. The Hall–Kier alpha value is -0.800. The van der Waals surface area contributed by atoms with Crippen LogP contribution in [0.2, 0.25) is 0 Å². The molecule has 4 heteroatoms. The lowest BCUT2D eigenvalue weighted by Gasteiger charge is -2.26. The Kier molecular flexibility index (Phi) is 3.58. The first kappa shape index (κ1) is 12.3. The summed E-state index contributed by atoms with van der Waals surface area (Å²) in [6.07, 6.45) is 1.83. The van der Waals surface area contributed by atoms with Crippen LogP contribution in [-0.2, 0) is 4.74 Å². The summed E-state index contributed by atoms with van der Waals surface area (Å²) in [4.78, 5) is 11.4. The van der Waals surface area contributed by atoms with Crippen LogP contribution in [0.15, 0.2) is 0 Å². The van der Waals surface area contributed by atoms with E-state index in [1.807, 2.05) is 6.92 Å². The Labute approximate surface area is 90.5 Å². The summed E-state index contributed by atoms with van der Waals surface area (Å²) in [5, 5.41) is 0.267. The molecule has 0 aromatic heterocycles. The molecule has 1 aliphatic rings. The molecule has 0 spiro atoms. The molecule has 0 radical (unpaired) electrons. The SMILES string of the molecule is CC1CCCC1N(F)C(=O)OC(C)(C)C. The number of nitrogens with zero attached hydrogens (tertiary/aromatic N) is 1. The number of rotatable bonds is 1. The standard InChI is InChI=1S/C11H20FNO2/c1-8-6-5-7-9(8)13(12)10(14)15-11(2,3)4/h8-9H,5-7H2,1-4H3. The Morgan fingerprint density at radius 2 is 2.00 bits per heavy atom. The number of halogens is 1. The Morgan fingerprint density at radius 3 is 2.40 bits per heavy atom. The summed E-state index contributed by atoms with van der Waals surface area (Å²) in [5.41, 5.74) is -0.636. The lowest BCUT2D eigenvalue weighted by molar-refractivity contribution is -0.0584.